The van der Waals surface area contributed by atoms with E-state index < -0.39 is 0 Å². The Bertz CT molecular complexity index is 446. The van der Waals surface area contributed by atoms with Crippen molar-refractivity contribution in [2.45, 2.75) is 33.2 Å². The topological polar surface area (TPSA) is 38.5 Å². The minimum atomic E-state index is -0.0495. The Morgan fingerprint density at radius 3 is 2.70 bits per heavy atom. The van der Waals surface area contributed by atoms with E-state index >= 15 is 0 Å². The van der Waals surface area contributed by atoms with Crippen molar-refractivity contribution in [2.75, 3.05) is 20.7 Å². The fraction of sp³-hybridized carbons (Fsp3) is 0.562. The Hall–Kier alpha value is -1.13. The highest BCUT2D eigenvalue weighted by Gasteiger charge is 2.20. The van der Waals surface area contributed by atoms with Gasteiger partial charge in [0.05, 0.1) is 12.1 Å². The first-order chi connectivity index (χ1) is 9.35. The quantitative estimate of drug-likeness (QED) is 0.747. The molecule has 0 saturated carbocycles. The van der Waals surface area contributed by atoms with E-state index in [-0.39, 0.29) is 5.41 Å². The summed E-state index contributed by atoms with van der Waals surface area (Å²) in [6, 6.07) is 8.19. The standard InChI is InChI=1S/C16H26N2OS/c1-16(2,15(17)20)9-6-10-18(3)12-13-7-5-8-14(11-13)19-4/h5,7-8,11H,6,9-10,12H2,1-4H3,(H2,17,20). The zero-order valence-corrected chi connectivity index (χ0v) is 13.8. The second kappa shape index (κ2) is 7.60. The maximum atomic E-state index is 5.75. The molecule has 0 radical (unpaired) electrons. The number of nitrogens with zero attached hydrogens (tertiary/aromatic N) is 1. The van der Waals surface area contributed by atoms with Crippen LogP contribution in [0.1, 0.15) is 32.3 Å². The molecule has 0 spiro atoms. The summed E-state index contributed by atoms with van der Waals surface area (Å²) in [7, 11) is 3.83. The largest absolute Gasteiger partial charge is 0.497 e. The summed E-state index contributed by atoms with van der Waals surface area (Å²) in [5, 5.41) is 0. The van der Waals surface area contributed by atoms with E-state index in [0.717, 1.165) is 31.7 Å². The van der Waals surface area contributed by atoms with E-state index in [1.807, 2.05) is 12.1 Å². The molecule has 0 heterocycles. The number of ether oxygens (including phenoxy) is 1. The summed E-state index contributed by atoms with van der Waals surface area (Å²) in [4.78, 5) is 2.91. The number of rotatable bonds is 8. The van der Waals surface area contributed by atoms with E-state index in [4.69, 9.17) is 22.7 Å². The molecule has 0 aliphatic carbocycles. The Kier molecular flexibility index (Phi) is 6.43. The van der Waals surface area contributed by atoms with Crippen molar-refractivity contribution in [1.29, 1.82) is 0 Å². The lowest BCUT2D eigenvalue weighted by Gasteiger charge is -2.24. The number of nitrogens with two attached hydrogens (primary N) is 1. The SMILES string of the molecule is COc1cccc(CN(C)CCCC(C)(C)C(N)=S)c1. The predicted molar refractivity (Wildman–Crippen MR) is 89.1 cm³/mol. The predicted octanol–water partition coefficient (Wildman–Crippen LogP) is 3.22. The molecule has 2 N–H and O–H groups in total. The minimum absolute atomic E-state index is 0.0495. The van der Waals surface area contributed by atoms with Crippen LogP contribution in [-0.4, -0.2) is 30.6 Å². The lowest BCUT2D eigenvalue weighted by molar-refractivity contribution is 0.301. The maximum Gasteiger partial charge on any atom is 0.119 e. The summed E-state index contributed by atoms with van der Waals surface area (Å²) in [6.07, 6.45) is 2.11. The van der Waals surface area contributed by atoms with Crippen LogP contribution < -0.4 is 10.5 Å². The van der Waals surface area contributed by atoms with E-state index in [1.54, 1.807) is 7.11 Å². The Morgan fingerprint density at radius 2 is 2.10 bits per heavy atom. The van der Waals surface area contributed by atoms with Crippen molar-refractivity contribution >= 4 is 17.2 Å². The van der Waals surface area contributed by atoms with Gasteiger partial charge in [0.25, 0.3) is 0 Å². The molecular weight excluding hydrogens is 268 g/mol. The fourth-order valence-corrected chi connectivity index (χ4v) is 2.18. The zero-order valence-electron chi connectivity index (χ0n) is 13.0. The molecule has 0 aliphatic heterocycles. The third-order valence-electron chi connectivity index (χ3n) is 3.60. The Morgan fingerprint density at radius 1 is 1.40 bits per heavy atom. The first kappa shape index (κ1) is 16.9. The monoisotopic (exact) mass is 294 g/mol. The second-order valence-electron chi connectivity index (χ2n) is 5.94. The van der Waals surface area contributed by atoms with Gasteiger partial charge in [-0.05, 0) is 44.1 Å². The van der Waals surface area contributed by atoms with Gasteiger partial charge in [-0.2, -0.15) is 0 Å². The van der Waals surface area contributed by atoms with Gasteiger partial charge in [-0.15, -0.1) is 0 Å². The molecule has 0 aromatic heterocycles. The average molecular weight is 294 g/mol. The van der Waals surface area contributed by atoms with Gasteiger partial charge >= 0.3 is 0 Å². The van der Waals surface area contributed by atoms with Gasteiger partial charge < -0.3 is 15.4 Å². The van der Waals surface area contributed by atoms with Crippen molar-refractivity contribution in [2.24, 2.45) is 11.1 Å². The van der Waals surface area contributed by atoms with Crippen LogP contribution >= 0.6 is 12.2 Å². The lowest BCUT2D eigenvalue weighted by Crippen LogP contribution is -2.30. The van der Waals surface area contributed by atoms with Crippen LogP contribution in [0.5, 0.6) is 5.75 Å². The molecule has 3 nitrogen and oxygen atoms in total. The third-order valence-corrected chi connectivity index (χ3v) is 4.15. The van der Waals surface area contributed by atoms with Gasteiger partial charge in [-0.1, -0.05) is 38.2 Å². The van der Waals surface area contributed by atoms with Gasteiger partial charge in [-0.25, -0.2) is 0 Å². The molecule has 0 atom stereocenters. The molecule has 0 unspecified atom stereocenters. The van der Waals surface area contributed by atoms with Crippen molar-refractivity contribution in [1.82, 2.24) is 4.90 Å². The number of benzene rings is 1. The van der Waals surface area contributed by atoms with E-state index in [1.165, 1.54) is 5.56 Å². The second-order valence-corrected chi connectivity index (χ2v) is 6.38. The minimum Gasteiger partial charge on any atom is -0.497 e. The molecule has 1 aromatic rings. The summed E-state index contributed by atoms with van der Waals surface area (Å²) in [6.45, 7) is 6.17. The van der Waals surface area contributed by atoms with Crippen molar-refractivity contribution in [3.63, 3.8) is 0 Å². The fourth-order valence-electron chi connectivity index (χ4n) is 2.08. The van der Waals surface area contributed by atoms with Crippen LogP contribution in [0.2, 0.25) is 0 Å². The molecule has 1 aromatic carbocycles. The van der Waals surface area contributed by atoms with Gasteiger partial charge in [0.15, 0.2) is 0 Å². The average Bonchev–Trinajstić information content (AvgIpc) is 2.38. The molecule has 0 amide bonds. The van der Waals surface area contributed by atoms with Gasteiger partial charge in [0.2, 0.25) is 0 Å². The normalized spacial score (nSPS) is 11.7. The van der Waals surface area contributed by atoms with Crippen molar-refractivity contribution < 1.29 is 4.74 Å². The van der Waals surface area contributed by atoms with Crippen LogP contribution in [-0.2, 0) is 6.54 Å². The third kappa shape index (κ3) is 5.47. The van der Waals surface area contributed by atoms with Gasteiger partial charge in [-0.3, -0.25) is 0 Å². The number of hydrogen-bond donors (Lipinski definition) is 1. The highest BCUT2D eigenvalue weighted by atomic mass is 32.1. The van der Waals surface area contributed by atoms with E-state index in [2.05, 4.69) is 37.9 Å². The van der Waals surface area contributed by atoms with Crippen LogP contribution in [0.15, 0.2) is 24.3 Å². The molecule has 0 aliphatic rings. The molecule has 112 valence electrons. The number of thiocarbonyl (C=S) groups is 1. The summed E-state index contributed by atoms with van der Waals surface area (Å²) in [5.41, 5.74) is 6.96. The van der Waals surface area contributed by atoms with Crippen LogP contribution in [0.4, 0.5) is 0 Å². The van der Waals surface area contributed by atoms with Crippen molar-refractivity contribution in [3.8, 4) is 5.75 Å². The highest BCUT2D eigenvalue weighted by Crippen LogP contribution is 2.23. The van der Waals surface area contributed by atoms with Crippen molar-refractivity contribution in [3.05, 3.63) is 29.8 Å². The van der Waals surface area contributed by atoms with Crippen LogP contribution in [0.3, 0.4) is 0 Å². The highest BCUT2D eigenvalue weighted by molar-refractivity contribution is 7.80. The van der Waals surface area contributed by atoms with E-state index in [9.17, 15) is 0 Å². The Labute approximate surface area is 128 Å². The first-order valence-electron chi connectivity index (χ1n) is 6.96. The number of hydrogen-bond acceptors (Lipinski definition) is 3. The summed E-state index contributed by atoms with van der Waals surface area (Å²) in [5.74, 6) is 0.908. The maximum absolute atomic E-state index is 5.75. The molecule has 0 fully saturated rings. The molecule has 0 bridgehead atoms. The van der Waals surface area contributed by atoms with Crippen LogP contribution in [0.25, 0.3) is 0 Å². The molecular formula is C16H26N2OS. The van der Waals surface area contributed by atoms with Gasteiger partial charge in [0.1, 0.15) is 5.75 Å². The molecule has 0 saturated heterocycles. The van der Waals surface area contributed by atoms with Crippen LogP contribution in [0, 0.1) is 5.41 Å². The lowest BCUT2D eigenvalue weighted by atomic mass is 9.88. The smallest absolute Gasteiger partial charge is 0.119 e. The van der Waals surface area contributed by atoms with E-state index in [0.29, 0.717) is 4.99 Å². The summed E-state index contributed by atoms with van der Waals surface area (Å²) >= 11 is 5.09. The molecule has 20 heavy (non-hydrogen) atoms. The Balaban J connectivity index is 2.40. The first-order valence-corrected chi connectivity index (χ1v) is 7.37. The summed E-state index contributed by atoms with van der Waals surface area (Å²) < 4.78 is 5.24. The van der Waals surface area contributed by atoms with Gasteiger partial charge in [0, 0.05) is 12.0 Å². The molecule has 1 rings (SSSR count). The molecule has 4 heteroatoms. The number of methoxy groups -OCH3 is 1. The zero-order chi connectivity index (χ0) is 15.2.